The highest BCUT2D eigenvalue weighted by Crippen LogP contribution is 2.32. The lowest BCUT2D eigenvalue weighted by Gasteiger charge is -2.19. The van der Waals surface area contributed by atoms with Crippen LogP contribution in [0.2, 0.25) is 0 Å². The molecule has 17 heavy (non-hydrogen) atoms. The van der Waals surface area contributed by atoms with Gasteiger partial charge < -0.3 is 16.0 Å². The largest absolute Gasteiger partial charge is 0.352 e. The highest BCUT2D eigenvalue weighted by atomic mass is 16.2. The lowest BCUT2D eigenvalue weighted by atomic mass is 10.1. The lowest BCUT2D eigenvalue weighted by molar-refractivity contribution is -0.129. The van der Waals surface area contributed by atoms with Crippen LogP contribution in [0.15, 0.2) is 0 Å². The number of nitrogens with one attached hydrogen (secondary N) is 1. The minimum absolute atomic E-state index is 0.00310. The van der Waals surface area contributed by atoms with Crippen molar-refractivity contribution in [2.45, 2.75) is 32.2 Å². The van der Waals surface area contributed by atoms with Crippen molar-refractivity contribution >= 4 is 11.8 Å². The second-order valence-electron chi connectivity index (χ2n) is 5.02. The number of hydrogen-bond acceptors (Lipinski definition) is 3. The Morgan fingerprint density at radius 1 is 1.59 bits per heavy atom. The summed E-state index contributed by atoms with van der Waals surface area (Å²) in [7, 11) is 0. The first-order valence-corrected chi connectivity index (χ1v) is 6.44. The van der Waals surface area contributed by atoms with Crippen molar-refractivity contribution in [1.29, 1.82) is 0 Å². The minimum Gasteiger partial charge on any atom is -0.352 e. The van der Waals surface area contributed by atoms with Gasteiger partial charge >= 0.3 is 0 Å². The van der Waals surface area contributed by atoms with E-state index in [0.717, 1.165) is 12.8 Å². The number of carbonyl (C=O) groups is 2. The maximum atomic E-state index is 12.0. The van der Waals surface area contributed by atoms with E-state index in [1.807, 2.05) is 6.92 Å². The van der Waals surface area contributed by atoms with Gasteiger partial charge in [-0.25, -0.2) is 0 Å². The van der Waals surface area contributed by atoms with Gasteiger partial charge in [-0.2, -0.15) is 0 Å². The molecule has 2 amide bonds. The zero-order chi connectivity index (χ0) is 12.4. The molecule has 5 heteroatoms. The third-order valence-corrected chi connectivity index (χ3v) is 3.74. The average molecular weight is 239 g/mol. The predicted octanol–water partition coefficient (Wildman–Crippen LogP) is -0.292. The van der Waals surface area contributed by atoms with Crippen LogP contribution in [0.5, 0.6) is 0 Å². The van der Waals surface area contributed by atoms with Crippen molar-refractivity contribution in [3.8, 4) is 0 Å². The van der Waals surface area contributed by atoms with E-state index in [-0.39, 0.29) is 23.8 Å². The summed E-state index contributed by atoms with van der Waals surface area (Å²) in [5.74, 6) is 0.457. The average Bonchev–Trinajstić information content (AvgIpc) is 3.09. The maximum absolute atomic E-state index is 12.0. The van der Waals surface area contributed by atoms with Crippen LogP contribution in [0.25, 0.3) is 0 Å². The van der Waals surface area contributed by atoms with E-state index >= 15 is 0 Å². The third kappa shape index (κ3) is 2.77. The lowest BCUT2D eigenvalue weighted by Crippen LogP contribution is -2.45. The number of carbonyl (C=O) groups excluding carboxylic acids is 2. The molecule has 0 aromatic rings. The van der Waals surface area contributed by atoms with Gasteiger partial charge in [-0.05, 0) is 25.7 Å². The van der Waals surface area contributed by atoms with Crippen LogP contribution < -0.4 is 11.1 Å². The van der Waals surface area contributed by atoms with Gasteiger partial charge in [-0.1, -0.05) is 0 Å². The van der Waals surface area contributed by atoms with Crippen LogP contribution in [0.3, 0.4) is 0 Å². The van der Waals surface area contributed by atoms with Gasteiger partial charge in [0.05, 0.1) is 5.92 Å². The summed E-state index contributed by atoms with van der Waals surface area (Å²) in [6, 6.07) is 0.105. The van der Waals surface area contributed by atoms with Crippen LogP contribution in [0, 0.1) is 11.8 Å². The van der Waals surface area contributed by atoms with Crippen LogP contribution in [-0.2, 0) is 9.59 Å². The number of hydrogen-bond donors (Lipinski definition) is 2. The van der Waals surface area contributed by atoms with Gasteiger partial charge in [0.2, 0.25) is 11.8 Å². The second kappa shape index (κ2) is 5.04. The van der Waals surface area contributed by atoms with Crippen LogP contribution in [0.4, 0.5) is 0 Å². The summed E-state index contributed by atoms with van der Waals surface area (Å²) in [4.78, 5) is 25.3. The van der Waals surface area contributed by atoms with Crippen molar-refractivity contribution in [3.05, 3.63) is 0 Å². The number of rotatable bonds is 5. The van der Waals surface area contributed by atoms with Crippen molar-refractivity contribution < 1.29 is 9.59 Å². The van der Waals surface area contributed by atoms with Gasteiger partial charge in [-0.15, -0.1) is 0 Å². The first-order valence-electron chi connectivity index (χ1n) is 6.44. The monoisotopic (exact) mass is 239 g/mol. The van der Waals surface area contributed by atoms with Crippen LogP contribution in [-0.4, -0.2) is 42.4 Å². The third-order valence-electron chi connectivity index (χ3n) is 3.74. The number of nitrogens with two attached hydrogens (primary N) is 1. The normalized spacial score (nSPS) is 26.1. The maximum Gasteiger partial charge on any atom is 0.225 e. The molecule has 1 saturated carbocycles. The molecule has 2 atom stereocenters. The summed E-state index contributed by atoms with van der Waals surface area (Å²) in [6.07, 6.45) is 2.67. The fourth-order valence-corrected chi connectivity index (χ4v) is 2.42. The fraction of sp³-hybridized carbons (Fsp3) is 0.833. The smallest absolute Gasteiger partial charge is 0.225 e. The zero-order valence-electron chi connectivity index (χ0n) is 10.3. The first-order chi connectivity index (χ1) is 8.15. The molecule has 0 radical (unpaired) electrons. The first kappa shape index (κ1) is 12.4. The topological polar surface area (TPSA) is 75.4 Å². The molecule has 0 aromatic heterocycles. The highest BCUT2D eigenvalue weighted by Gasteiger charge is 2.36. The quantitative estimate of drug-likeness (QED) is 0.692. The molecule has 0 spiro atoms. The van der Waals surface area contributed by atoms with Gasteiger partial charge in [0.25, 0.3) is 0 Å². The minimum atomic E-state index is -0.185. The number of likely N-dealkylation sites (tertiary alicyclic amines) is 1. The molecule has 1 heterocycles. The Kier molecular flexibility index (Phi) is 3.66. The van der Waals surface area contributed by atoms with E-state index in [0.29, 0.717) is 32.0 Å². The second-order valence-corrected chi connectivity index (χ2v) is 5.02. The van der Waals surface area contributed by atoms with Crippen molar-refractivity contribution in [2.24, 2.45) is 17.6 Å². The highest BCUT2D eigenvalue weighted by molar-refractivity contribution is 5.89. The molecule has 0 aromatic carbocycles. The van der Waals surface area contributed by atoms with E-state index in [2.05, 4.69) is 5.32 Å². The molecule has 1 aliphatic heterocycles. The van der Waals surface area contributed by atoms with E-state index in [4.69, 9.17) is 5.73 Å². The Hall–Kier alpha value is -1.10. The summed E-state index contributed by atoms with van der Waals surface area (Å²) in [5, 5.41) is 2.99. The Morgan fingerprint density at radius 3 is 2.76 bits per heavy atom. The summed E-state index contributed by atoms with van der Waals surface area (Å²) in [5.41, 5.74) is 5.65. The molecule has 0 bridgehead atoms. The molecule has 1 saturated heterocycles. The molecule has 2 fully saturated rings. The SMILES string of the molecule is CCN1CC(C(=O)NC(CN)C2CC2)CC1=O. The summed E-state index contributed by atoms with van der Waals surface area (Å²) >= 11 is 0. The zero-order valence-corrected chi connectivity index (χ0v) is 10.3. The number of nitrogens with zero attached hydrogens (tertiary/aromatic N) is 1. The molecule has 3 N–H and O–H groups in total. The molecule has 1 aliphatic carbocycles. The number of amides is 2. The Balaban J connectivity index is 1.85. The molecule has 2 unspecified atom stereocenters. The van der Waals surface area contributed by atoms with Crippen LogP contribution >= 0.6 is 0 Å². The Labute approximate surface area is 102 Å². The Bertz CT molecular complexity index is 315. The van der Waals surface area contributed by atoms with Crippen molar-refractivity contribution in [2.75, 3.05) is 19.6 Å². The van der Waals surface area contributed by atoms with Gasteiger partial charge in [-0.3, -0.25) is 9.59 Å². The van der Waals surface area contributed by atoms with E-state index in [1.54, 1.807) is 4.90 Å². The molecular weight excluding hydrogens is 218 g/mol. The van der Waals surface area contributed by atoms with E-state index in [1.165, 1.54) is 0 Å². The summed E-state index contributed by atoms with van der Waals surface area (Å²) in [6.45, 7) is 3.67. The molecule has 2 rings (SSSR count). The fourth-order valence-electron chi connectivity index (χ4n) is 2.42. The standard InChI is InChI=1S/C12H21N3O2/c1-2-15-7-9(5-11(15)16)12(17)14-10(6-13)8-3-4-8/h8-10H,2-7,13H2,1H3,(H,14,17). The molecular formula is C12H21N3O2. The molecule has 96 valence electrons. The van der Waals surface area contributed by atoms with Crippen LogP contribution in [0.1, 0.15) is 26.2 Å². The van der Waals surface area contributed by atoms with E-state index < -0.39 is 0 Å². The van der Waals surface area contributed by atoms with Crippen molar-refractivity contribution in [1.82, 2.24) is 10.2 Å². The molecule has 5 nitrogen and oxygen atoms in total. The van der Waals surface area contributed by atoms with Gasteiger partial charge in [0, 0.05) is 32.1 Å². The van der Waals surface area contributed by atoms with Crippen molar-refractivity contribution in [3.63, 3.8) is 0 Å². The molecule has 2 aliphatic rings. The van der Waals surface area contributed by atoms with Gasteiger partial charge in [0.1, 0.15) is 0 Å². The summed E-state index contributed by atoms with van der Waals surface area (Å²) < 4.78 is 0. The predicted molar refractivity (Wildman–Crippen MR) is 64.1 cm³/mol. The Morgan fingerprint density at radius 2 is 2.29 bits per heavy atom. The van der Waals surface area contributed by atoms with Gasteiger partial charge in [0.15, 0.2) is 0 Å². The van der Waals surface area contributed by atoms with E-state index in [9.17, 15) is 9.59 Å².